The first kappa shape index (κ1) is 14.5. The lowest BCUT2D eigenvalue weighted by atomic mass is 10.2. The number of hydrogen-bond donors (Lipinski definition) is 3. The second-order valence-corrected chi connectivity index (χ2v) is 4.42. The lowest BCUT2D eigenvalue weighted by Crippen LogP contribution is -2.20. The zero-order valence-electron chi connectivity index (χ0n) is 11.2. The number of aryl methyl sites for hydroxylation is 1. The second kappa shape index (κ2) is 6.04. The Bertz CT molecular complexity index is 684. The molecule has 0 aliphatic rings. The topological polar surface area (TPSA) is 78.4 Å². The van der Waals surface area contributed by atoms with Gasteiger partial charge in [-0.15, -0.1) is 0 Å². The number of nitrogens with one attached hydrogen (secondary N) is 2. The molecule has 0 saturated heterocycles. The number of benzene rings is 2. The Morgan fingerprint density at radius 3 is 2.33 bits per heavy atom. The highest BCUT2D eigenvalue weighted by atomic mass is 19.1. The van der Waals surface area contributed by atoms with Crippen molar-refractivity contribution in [2.45, 2.75) is 6.92 Å². The number of carbonyl (C=O) groups excluding carboxylic acids is 1. The van der Waals surface area contributed by atoms with E-state index in [2.05, 4.69) is 10.6 Å². The highest BCUT2D eigenvalue weighted by Crippen LogP contribution is 2.16. The molecule has 2 aromatic rings. The summed E-state index contributed by atoms with van der Waals surface area (Å²) in [5.74, 6) is -1.48. The van der Waals surface area contributed by atoms with Gasteiger partial charge in [0.05, 0.1) is 5.56 Å². The summed E-state index contributed by atoms with van der Waals surface area (Å²) < 4.78 is 13.1. The molecule has 0 spiro atoms. The summed E-state index contributed by atoms with van der Waals surface area (Å²) in [6, 6.07) is 9.27. The molecular weight excluding hydrogens is 275 g/mol. The fourth-order valence-electron chi connectivity index (χ4n) is 1.71. The number of carboxylic acid groups (broad SMARTS) is 1. The molecule has 2 rings (SSSR count). The summed E-state index contributed by atoms with van der Waals surface area (Å²) in [5.41, 5.74) is 1.66. The number of hydrogen-bond acceptors (Lipinski definition) is 2. The van der Waals surface area contributed by atoms with Crippen molar-refractivity contribution in [1.82, 2.24) is 0 Å². The quantitative estimate of drug-likeness (QED) is 0.809. The zero-order chi connectivity index (χ0) is 15.4. The largest absolute Gasteiger partial charge is 0.478 e. The molecule has 3 N–H and O–H groups in total. The van der Waals surface area contributed by atoms with Crippen LogP contribution in [-0.4, -0.2) is 17.1 Å². The van der Waals surface area contributed by atoms with Crippen molar-refractivity contribution in [1.29, 1.82) is 0 Å². The number of urea groups is 1. The molecule has 0 atom stereocenters. The van der Waals surface area contributed by atoms with Gasteiger partial charge in [-0.1, -0.05) is 6.07 Å². The Hall–Kier alpha value is -2.89. The van der Waals surface area contributed by atoms with Crippen molar-refractivity contribution < 1.29 is 19.1 Å². The van der Waals surface area contributed by atoms with Crippen LogP contribution in [0.4, 0.5) is 20.6 Å². The number of rotatable bonds is 3. The Morgan fingerprint density at radius 2 is 1.71 bits per heavy atom. The van der Waals surface area contributed by atoms with Crippen LogP contribution in [0, 0.1) is 12.7 Å². The maximum atomic E-state index is 13.1. The average molecular weight is 288 g/mol. The van der Waals surface area contributed by atoms with E-state index in [4.69, 9.17) is 5.11 Å². The van der Waals surface area contributed by atoms with Crippen molar-refractivity contribution in [3.8, 4) is 0 Å². The molecule has 0 unspecified atom stereocenters. The Morgan fingerprint density at radius 1 is 1.05 bits per heavy atom. The highest BCUT2D eigenvalue weighted by molar-refractivity contribution is 6.00. The van der Waals surface area contributed by atoms with Gasteiger partial charge in [-0.3, -0.25) is 0 Å². The van der Waals surface area contributed by atoms with Crippen LogP contribution in [0.1, 0.15) is 15.9 Å². The van der Waals surface area contributed by atoms with E-state index in [0.717, 1.165) is 5.56 Å². The van der Waals surface area contributed by atoms with Crippen LogP contribution in [0.15, 0.2) is 42.5 Å². The fourth-order valence-corrected chi connectivity index (χ4v) is 1.71. The molecule has 0 aliphatic carbocycles. The molecule has 0 bridgehead atoms. The minimum atomic E-state index is -1.04. The molecule has 0 saturated carbocycles. The van der Waals surface area contributed by atoms with Crippen molar-refractivity contribution in [3.05, 3.63) is 59.4 Å². The first-order valence-corrected chi connectivity index (χ1v) is 6.13. The van der Waals surface area contributed by atoms with E-state index in [1.165, 1.54) is 36.4 Å². The number of aromatic carboxylic acids is 1. The summed E-state index contributed by atoms with van der Waals surface area (Å²) in [6.07, 6.45) is 0. The summed E-state index contributed by atoms with van der Waals surface area (Å²) in [4.78, 5) is 22.5. The summed E-state index contributed by atoms with van der Waals surface area (Å²) in [7, 11) is 0. The van der Waals surface area contributed by atoms with Gasteiger partial charge in [0.25, 0.3) is 0 Å². The van der Waals surface area contributed by atoms with Crippen LogP contribution in [0.25, 0.3) is 0 Å². The van der Waals surface area contributed by atoms with Gasteiger partial charge in [0.2, 0.25) is 0 Å². The smallest absolute Gasteiger partial charge is 0.335 e. The second-order valence-electron chi connectivity index (χ2n) is 4.42. The third-order valence-electron chi connectivity index (χ3n) is 2.84. The zero-order valence-corrected chi connectivity index (χ0v) is 11.2. The number of carboxylic acids is 1. The van der Waals surface area contributed by atoms with Gasteiger partial charge in [-0.2, -0.15) is 0 Å². The van der Waals surface area contributed by atoms with E-state index < -0.39 is 17.8 Å². The van der Waals surface area contributed by atoms with E-state index >= 15 is 0 Å². The maximum Gasteiger partial charge on any atom is 0.335 e. The van der Waals surface area contributed by atoms with E-state index in [1.807, 2.05) is 0 Å². The van der Waals surface area contributed by atoms with Gasteiger partial charge >= 0.3 is 12.0 Å². The Balaban J connectivity index is 2.04. The van der Waals surface area contributed by atoms with Crippen molar-refractivity contribution in [2.24, 2.45) is 0 Å². The number of halogens is 1. The first-order chi connectivity index (χ1) is 9.95. The van der Waals surface area contributed by atoms with Crippen molar-refractivity contribution in [3.63, 3.8) is 0 Å². The van der Waals surface area contributed by atoms with Crippen LogP contribution >= 0.6 is 0 Å². The lowest BCUT2D eigenvalue weighted by molar-refractivity contribution is 0.0697. The van der Waals surface area contributed by atoms with Gasteiger partial charge in [-0.25, -0.2) is 14.0 Å². The third kappa shape index (κ3) is 3.79. The molecule has 2 aromatic carbocycles. The van der Waals surface area contributed by atoms with Gasteiger partial charge in [0, 0.05) is 11.4 Å². The minimum Gasteiger partial charge on any atom is -0.478 e. The Labute approximate surface area is 120 Å². The van der Waals surface area contributed by atoms with Crippen LogP contribution in [0.2, 0.25) is 0 Å². The molecule has 0 radical (unpaired) electrons. The number of carbonyl (C=O) groups is 2. The van der Waals surface area contributed by atoms with E-state index in [0.29, 0.717) is 11.4 Å². The molecule has 0 fully saturated rings. The minimum absolute atomic E-state index is 0.127. The van der Waals surface area contributed by atoms with Gasteiger partial charge in [0.1, 0.15) is 5.82 Å². The molecular formula is C15H13FN2O3. The van der Waals surface area contributed by atoms with Crippen molar-refractivity contribution in [2.75, 3.05) is 10.6 Å². The predicted molar refractivity (Wildman–Crippen MR) is 77.2 cm³/mol. The van der Waals surface area contributed by atoms with E-state index in [-0.39, 0.29) is 5.56 Å². The molecule has 6 heteroatoms. The number of anilines is 2. The molecule has 0 heterocycles. The van der Waals surface area contributed by atoms with Crippen LogP contribution in [-0.2, 0) is 0 Å². The fraction of sp³-hybridized carbons (Fsp3) is 0.0667. The molecule has 0 aromatic heterocycles. The lowest BCUT2D eigenvalue weighted by Gasteiger charge is -2.10. The van der Waals surface area contributed by atoms with E-state index in [9.17, 15) is 14.0 Å². The van der Waals surface area contributed by atoms with E-state index in [1.54, 1.807) is 13.0 Å². The standard InChI is InChI=1S/C15H13FN2O3/c1-9-2-5-11(16)8-13(9)18-15(21)17-12-6-3-10(4-7-12)14(19)20/h2-8H,1H3,(H,19,20)(H2,17,18,21). The van der Waals surface area contributed by atoms with Crippen LogP contribution in [0.3, 0.4) is 0 Å². The number of amides is 2. The maximum absolute atomic E-state index is 13.1. The predicted octanol–water partition coefficient (Wildman–Crippen LogP) is 3.48. The SMILES string of the molecule is Cc1ccc(F)cc1NC(=O)Nc1ccc(C(=O)O)cc1. The Kier molecular flexibility index (Phi) is 4.18. The molecule has 108 valence electrons. The monoisotopic (exact) mass is 288 g/mol. The average Bonchev–Trinajstić information content (AvgIpc) is 2.43. The van der Waals surface area contributed by atoms with Crippen LogP contribution < -0.4 is 10.6 Å². The van der Waals surface area contributed by atoms with Gasteiger partial charge in [-0.05, 0) is 48.9 Å². The summed E-state index contributed by atoms with van der Waals surface area (Å²) in [6.45, 7) is 1.75. The molecule has 0 aliphatic heterocycles. The molecule has 21 heavy (non-hydrogen) atoms. The summed E-state index contributed by atoms with van der Waals surface area (Å²) >= 11 is 0. The van der Waals surface area contributed by atoms with Crippen molar-refractivity contribution >= 4 is 23.4 Å². The third-order valence-corrected chi connectivity index (χ3v) is 2.84. The molecule has 2 amide bonds. The molecule has 5 nitrogen and oxygen atoms in total. The highest BCUT2D eigenvalue weighted by Gasteiger charge is 2.07. The normalized spacial score (nSPS) is 10.0. The first-order valence-electron chi connectivity index (χ1n) is 6.13. The summed E-state index contributed by atoms with van der Waals surface area (Å²) in [5, 5.41) is 13.8. The van der Waals surface area contributed by atoms with Gasteiger partial charge in [0.15, 0.2) is 0 Å². The van der Waals surface area contributed by atoms with Crippen LogP contribution in [0.5, 0.6) is 0 Å². The van der Waals surface area contributed by atoms with Gasteiger partial charge < -0.3 is 15.7 Å².